The Bertz CT molecular complexity index is 800. The molecule has 0 atom stereocenters. The van der Waals surface area contributed by atoms with E-state index < -0.39 is 0 Å². The van der Waals surface area contributed by atoms with Crippen LogP contribution in [0.4, 0.5) is 11.4 Å². The van der Waals surface area contributed by atoms with Crippen LogP contribution in [0.15, 0.2) is 48.8 Å². The van der Waals surface area contributed by atoms with E-state index in [0.717, 1.165) is 35.7 Å². The first-order valence-corrected chi connectivity index (χ1v) is 7.89. The molecule has 0 spiro atoms. The molecule has 0 bridgehead atoms. The summed E-state index contributed by atoms with van der Waals surface area (Å²) in [6.07, 6.45) is 7.96. The van der Waals surface area contributed by atoms with Gasteiger partial charge in [-0.05, 0) is 37.5 Å². The number of imidazole rings is 1. The zero-order valence-corrected chi connectivity index (χ0v) is 12.6. The Kier molecular flexibility index (Phi) is 3.22. The van der Waals surface area contributed by atoms with Crippen molar-refractivity contribution in [3.05, 3.63) is 48.8 Å². The molecule has 1 fully saturated rings. The molecule has 0 amide bonds. The van der Waals surface area contributed by atoms with Gasteiger partial charge in [0.15, 0.2) is 0 Å². The molecule has 2 N–H and O–H groups in total. The van der Waals surface area contributed by atoms with Crippen molar-refractivity contribution in [1.82, 2.24) is 9.38 Å². The normalized spacial score (nSPS) is 15.4. The first kappa shape index (κ1) is 13.2. The van der Waals surface area contributed by atoms with E-state index in [1.807, 2.05) is 24.4 Å². The van der Waals surface area contributed by atoms with E-state index in [4.69, 9.17) is 5.73 Å². The number of nitrogens with two attached hydrogens (primary N) is 1. The third kappa shape index (κ3) is 2.30. The van der Waals surface area contributed by atoms with Crippen molar-refractivity contribution < 1.29 is 0 Å². The second-order valence-corrected chi connectivity index (χ2v) is 5.93. The lowest BCUT2D eigenvalue weighted by atomic mass is 10.1. The Balaban J connectivity index is 1.74. The average molecular weight is 292 g/mol. The van der Waals surface area contributed by atoms with E-state index in [-0.39, 0.29) is 0 Å². The van der Waals surface area contributed by atoms with Crippen LogP contribution < -0.4 is 10.6 Å². The van der Waals surface area contributed by atoms with E-state index in [9.17, 15) is 0 Å². The zero-order chi connectivity index (χ0) is 14.9. The van der Waals surface area contributed by atoms with Gasteiger partial charge in [0.05, 0.1) is 11.9 Å². The molecule has 3 aromatic rings. The zero-order valence-electron chi connectivity index (χ0n) is 12.6. The van der Waals surface area contributed by atoms with Crippen molar-refractivity contribution in [2.24, 2.45) is 0 Å². The van der Waals surface area contributed by atoms with E-state index in [1.54, 1.807) is 0 Å². The average Bonchev–Trinajstić information content (AvgIpc) is 2.99. The minimum absolute atomic E-state index is 0.775. The third-order valence-electron chi connectivity index (χ3n) is 4.40. The molecule has 4 nitrogen and oxygen atoms in total. The number of nitrogen functional groups attached to an aromatic ring is 1. The summed E-state index contributed by atoms with van der Waals surface area (Å²) in [5.74, 6) is 0. The quantitative estimate of drug-likeness (QED) is 0.734. The van der Waals surface area contributed by atoms with E-state index >= 15 is 0 Å². The molecule has 1 aromatic carbocycles. The standard InChI is InChI=1S/C18H20N4/c19-15-6-4-5-14(11-15)17-13-20-18-12-16(7-10-22(17)18)21-8-2-1-3-9-21/h4-7,10-13H,1-3,8-9,19H2. The lowest BCUT2D eigenvalue weighted by Crippen LogP contribution is -2.29. The molecule has 0 saturated carbocycles. The molecule has 22 heavy (non-hydrogen) atoms. The molecule has 0 radical (unpaired) electrons. The van der Waals surface area contributed by atoms with Crippen molar-refractivity contribution >= 4 is 17.0 Å². The summed E-state index contributed by atoms with van der Waals surface area (Å²) in [4.78, 5) is 7.03. The summed E-state index contributed by atoms with van der Waals surface area (Å²) in [6.45, 7) is 2.30. The van der Waals surface area contributed by atoms with Crippen LogP contribution in [0.2, 0.25) is 0 Å². The smallest absolute Gasteiger partial charge is 0.139 e. The van der Waals surface area contributed by atoms with Crippen LogP contribution in [0.5, 0.6) is 0 Å². The van der Waals surface area contributed by atoms with E-state index in [1.165, 1.54) is 24.9 Å². The highest BCUT2D eigenvalue weighted by Gasteiger charge is 2.13. The van der Waals surface area contributed by atoms with Crippen LogP contribution in [-0.2, 0) is 0 Å². The summed E-state index contributed by atoms with van der Waals surface area (Å²) in [7, 11) is 0. The fraction of sp³-hybridized carbons (Fsp3) is 0.278. The number of hydrogen-bond donors (Lipinski definition) is 1. The van der Waals surface area contributed by atoms with Crippen molar-refractivity contribution in [3.8, 4) is 11.3 Å². The minimum Gasteiger partial charge on any atom is -0.399 e. The number of anilines is 2. The highest BCUT2D eigenvalue weighted by Crippen LogP contribution is 2.26. The molecular weight excluding hydrogens is 272 g/mol. The molecule has 1 aliphatic heterocycles. The number of rotatable bonds is 2. The first-order chi connectivity index (χ1) is 10.8. The maximum Gasteiger partial charge on any atom is 0.139 e. The fourth-order valence-corrected chi connectivity index (χ4v) is 3.23. The maximum absolute atomic E-state index is 5.89. The van der Waals surface area contributed by atoms with Crippen LogP contribution in [0.1, 0.15) is 19.3 Å². The Morgan fingerprint density at radius 2 is 1.86 bits per heavy atom. The highest BCUT2D eigenvalue weighted by atomic mass is 15.1. The molecule has 2 aromatic heterocycles. The van der Waals surface area contributed by atoms with Crippen LogP contribution in [0, 0.1) is 0 Å². The summed E-state index contributed by atoms with van der Waals surface area (Å²) in [5.41, 5.74) is 11.1. The number of nitrogens with zero attached hydrogens (tertiary/aromatic N) is 3. The predicted molar refractivity (Wildman–Crippen MR) is 91.1 cm³/mol. The first-order valence-electron chi connectivity index (χ1n) is 7.89. The molecule has 1 aliphatic rings. The van der Waals surface area contributed by atoms with Gasteiger partial charge in [-0.2, -0.15) is 0 Å². The number of pyridine rings is 1. The Morgan fingerprint density at radius 3 is 2.68 bits per heavy atom. The minimum atomic E-state index is 0.775. The topological polar surface area (TPSA) is 46.6 Å². The van der Waals surface area contributed by atoms with Crippen LogP contribution in [0.3, 0.4) is 0 Å². The van der Waals surface area contributed by atoms with Gasteiger partial charge in [-0.3, -0.25) is 4.40 Å². The number of benzene rings is 1. The third-order valence-corrected chi connectivity index (χ3v) is 4.40. The summed E-state index contributed by atoms with van der Waals surface area (Å²) < 4.78 is 2.13. The van der Waals surface area contributed by atoms with Crippen LogP contribution in [0.25, 0.3) is 16.9 Å². The monoisotopic (exact) mass is 292 g/mol. The molecule has 112 valence electrons. The van der Waals surface area contributed by atoms with Crippen molar-refractivity contribution in [1.29, 1.82) is 0 Å². The molecule has 1 saturated heterocycles. The lowest BCUT2D eigenvalue weighted by Gasteiger charge is -2.28. The predicted octanol–water partition coefficient (Wildman–Crippen LogP) is 3.57. The second-order valence-electron chi connectivity index (χ2n) is 5.93. The van der Waals surface area contributed by atoms with Gasteiger partial charge in [-0.15, -0.1) is 0 Å². The summed E-state index contributed by atoms with van der Waals surface area (Å²) >= 11 is 0. The lowest BCUT2D eigenvalue weighted by molar-refractivity contribution is 0.578. The van der Waals surface area contributed by atoms with E-state index in [0.29, 0.717) is 0 Å². The van der Waals surface area contributed by atoms with Gasteiger partial charge in [-0.25, -0.2) is 4.98 Å². The summed E-state index contributed by atoms with van der Waals surface area (Å²) in [5, 5.41) is 0. The van der Waals surface area contributed by atoms with Gasteiger partial charge in [0.25, 0.3) is 0 Å². The largest absolute Gasteiger partial charge is 0.399 e. The van der Waals surface area contributed by atoms with Crippen LogP contribution >= 0.6 is 0 Å². The van der Waals surface area contributed by atoms with Gasteiger partial charge in [0.2, 0.25) is 0 Å². The molecule has 0 unspecified atom stereocenters. The van der Waals surface area contributed by atoms with Gasteiger partial charge in [0.1, 0.15) is 5.65 Å². The number of fused-ring (bicyclic) bond motifs is 1. The number of aromatic nitrogens is 2. The fourth-order valence-electron chi connectivity index (χ4n) is 3.23. The Hall–Kier alpha value is -2.49. The van der Waals surface area contributed by atoms with Gasteiger partial charge in [-0.1, -0.05) is 12.1 Å². The maximum atomic E-state index is 5.89. The molecular formula is C18H20N4. The SMILES string of the molecule is Nc1cccc(-c2cnc3cc(N4CCCCC4)ccn23)c1. The number of hydrogen-bond acceptors (Lipinski definition) is 3. The van der Waals surface area contributed by atoms with Crippen molar-refractivity contribution in [3.63, 3.8) is 0 Å². The summed E-state index contributed by atoms with van der Waals surface area (Å²) in [6, 6.07) is 12.3. The van der Waals surface area contributed by atoms with Gasteiger partial charge < -0.3 is 10.6 Å². The van der Waals surface area contributed by atoms with Crippen molar-refractivity contribution in [2.75, 3.05) is 23.7 Å². The Labute approximate surface area is 130 Å². The second kappa shape index (κ2) is 5.37. The Morgan fingerprint density at radius 1 is 1.00 bits per heavy atom. The number of piperidine rings is 1. The molecule has 0 aliphatic carbocycles. The van der Waals surface area contributed by atoms with E-state index in [2.05, 4.69) is 38.7 Å². The highest BCUT2D eigenvalue weighted by molar-refractivity contribution is 5.69. The van der Waals surface area contributed by atoms with Crippen LogP contribution in [-0.4, -0.2) is 22.5 Å². The molecule has 4 heteroatoms. The van der Waals surface area contributed by atoms with Gasteiger partial charge >= 0.3 is 0 Å². The van der Waals surface area contributed by atoms with Crippen molar-refractivity contribution in [2.45, 2.75) is 19.3 Å². The molecule has 3 heterocycles. The van der Waals surface area contributed by atoms with Gasteiger partial charge in [0, 0.05) is 42.3 Å². The molecule has 4 rings (SSSR count).